The monoisotopic (exact) mass is 135 g/mol. The van der Waals surface area contributed by atoms with E-state index in [4.69, 9.17) is 11.6 Å². The molecule has 1 unspecified atom stereocenters. The van der Waals surface area contributed by atoms with E-state index in [9.17, 15) is 5.11 Å². The van der Waals surface area contributed by atoms with Crippen LogP contribution in [0.15, 0.2) is 0 Å². The van der Waals surface area contributed by atoms with Crippen molar-refractivity contribution in [2.75, 3.05) is 0 Å². The maximum Gasteiger partial charge on any atom is 0.111 e. The average molecular weight is 136 g/mol. The first-order valence-corrected chi connectivity index (χ1v) is 3.21. The molecular weight excluding hydrogens is 124 g/mol. The SMILES string of the molecule is CCC([O])C(C)(C)Cl. The highest BCUT2D eigenvalue weighted by Gasteiger charge is 2.23. The topological polar surface area (TPSA) is 19.9 Å². The second-order valence-electron chi connectivity index (χ2n) is 2.46. The Balaban J connectivity index is 3.62. The van der Waals surface area contributed by atoms with E-state index in [1.807, 2.05) is 6.92 Å². The number of alkyl halides is 1. The van der Waals surface area contributed by atoms with Crippen LogP contribution in [0.4, 0.5) is 0 Å². The van der Waals surface area contributed by atoms with Gasteiger partial charge in [-0.3, -0.25) is 0 Å². The van der Waals surface area contributed by atoms with Crippen LogP contribution < -0.4 is 0 Å². The first kappa shape index (κ1) is 8.25. The standard InChI is InChI=1S/C6H12ClO/c1-4-5(8)6(2,3)7/h5H,4H2,1-3H3. The van der Waals surface area contributed by atoms with Crippen LogP contribution in [0.2, 0.25) is 0 Å². The molecule has 0 aliphatic heterocycles. The van der Waals surface area contributed by atoms with Crippen molar-refractivity contribution in [1.82, 2.24) is 0 Å². The van der Waals surface area contributed by atoms with Crippen molar-refractivity contribution in [3.05, 3.63) is 0 Å². The molecule has 0 aromatic heterocycles. The fraction of sp³-hybridized carbons (Fsp3) is 1.00. The molecule has 0 aliphatic rings. The lowest BCUT2D eigenvalue weighted by Crippen LogP contribution is -2.27. The Labute approximate surface area is 55.7 Å². The van der Waals surface area contributed by atoms with Gasteiger partial charge in [0, 0.05) is 0 Å². The second-order valence-corrected chi connectivity index (χ2v) is 3.44. The summed E-state index contributed by atoms with van der Waals surface area (Å²) < 4.78 is 0. The van der Waals surface area contributed by atoms with E-state index in [2.05, 4.69) is 0 Å². The molecule has 1 atom stereocenters. The normalized spacial score (nSPS) is 16.1. The first-order valence-electron chi connectivity index (χ1n) is 2.83. The fourth-order valence-electron chi connectivity index (χ4n) is 0.485. The predicted octanol–water partition coefficient (Wildman–Crippen LogP) is 2.21. The summed E-state index contributed by atoms with van der Waals surface area (Å²) in [6, 6.07) is 0. The molecule has 1 radical (unpaired) electrons. The molecule has 0 N–H and O–H groups in total. The molecule has 0 heterocycles. The largest absolute Gasteiger partial charge is 0.231 e. The van der Waals surface area contributed by atoms with Crippen molar-refractivity contribution >= 4 is 11.6 Å². The second kappa shape index (κ2) is 2.70. The molecule has 0 rings (SSSR count). The van der Waals surface area contributed by atoms with E-state index >= 15 is 0 Å². The molecule has 8 heavy (non-hydrogen) atoms. The zero-order valence-electron chi connectivity index (χ0n) is 5.57. The molecule has 0 aromatic carbocycles. The molecule has 1 nitrogen and oxygen atoms in total. The van der Waals surface area contributed by atoms with Crippen LogP contribution in [0.25, 0.3) is 0 Å². The smallest absolute Gasteiger partial charge is 0.111 e. The fourth-order valence-corrected chi connectivity index (χ4v) is 0.640. The van der Waals surface area contributed by atoms with Gasteiger partial charge in [-0.05, 0) is 20.3 Å². The number of hydrogen-bond acceptors (Lipinski definition) is 0. The van der Waals surface area contributed by atoms with Crippen LogP contribution in [0, 0.1) is 0 Å². The van der Waals surface area contributed by atoms with E-state index in [0.29, 0.717) is 6.42 Å². The van der Waals surface area contributed by atoms with Crippen molar-refractivity contribution in [3.8, 4) is 0 Å². The van der Waals surface area contributed by atoms with E-state index in [1.165, 1.54) is 0 Å². The van der Waals surface area contributed by atoms with Crippen molar-refractivity contribution in [1.29, 1.82) is 0 Å². The van der Waals surface area contributed by atoms with Crippen LogP contribution in [0.1, 0.15) is 27.2 Å². The maximum absolute atomic E-state index is 10.8. The summed E-state index contributed by atoms with van der Waals surface area (Å²) in [5, 5.41) is 10.8. The third-order valence-electron chi connectivity index (χ3n) is 1.14. The third-order valence-corrected chi connectivity index (χ3v) is 1.38. The molecule has 0 aliphatic carbocycles. The van der Waals surface area contributed by atoms with Crippen molar-refractivity contribution < 1.29 is 5.11 Å². The van der Waals surface area contributed by atoms with Gasteiger partial charge in [0.2, 0.25) is 0 Å². The minimum atomic E-state index is -0.635. The average Bonchev–Trinajstić information content (AvgIpc) is 1.62. The van der Waals surface area contributed by atoms with E-state index in [-0.39, 0.29) is 0 Å². The van der Waals surface area contributed by atoms with Crippen LogP contribution >= 0.6 is 11.6 Å². The van der Waals surface area contributed by atoms with Gasteiger partial charge in [0.25, 0.3) is 0 Å². The lowest BCUT2D eigenvalue weighted by molar-refractivity contribution is 0.0578. The lowest BCUT2D eigenvalue weighted by Gasteiger charge is -2.18. The summed E-state index contributed by atoms with van der Waals surface area (Å²) in [6.45, 7) is 5.34. The van der Waals surface area contributed by atoms with Gasteiger partial charge in [-0.25, -0.2) is 5.11 Å². The van der Waals surface area contributed by atoms with Gasteiger partial charge in [0.05, 0.1) is 4.87 Å². The number of halogens is 1. The highest BCUT2D eigenvalue weighted by atomic mass is 35.5. The van der Waals surface area contributed by atoms with Gasteiger partial charge in [-0.15, -0.1) is 11.6 Å². The van der Waals surface area contributed by atoms with Gasteiger partial charge in [0.1, 0.15) is 6.10 Å². The minimum absolute atomic E-state index is 0.575. The Morgan fingerprint density at radius 3 is 2.00 bits per heavy atom. The van der Waals surface area contributed by atoms with E-state index in [1.54, 1.807) is 13.8 Å². The van der Waals surface area contributed by atoms with Crippen molar-refractivity contribution in [2.24, 2.45) is 0 Å². The Hall–Kier alpha value is 0.250. The third kappa shape index (κ3) is 2.53. The first-order chi connectivity index (χ1) is 3.48. The van der Waals surface area contributed by atoms with Gasteiger partial charge >= 0.3 is 0 Å². The van der Waals surface area contributed by atoms with E-state index in [0.717, 1.165) is 0 Å². The molecule has 0 fully saturated rings. The zero-order chi connectivity index (χ0) is 6.78. The van der Waals surface area contributed by atoms with Gasteiger partial charge in [-0.2, -0.15) is 0 Å². The Morgan fingerprint density at radius 2 is 2.00 bits per heavy atom. The van der Waals surface area contributed by atoms with Crippen molar-refractivity contribution in [3.63, 3.8) is 0 Å². The highest BCUT2D eigenvalue weighted by Crippen LogP contribution is 2.20. The van der Waals surface area contributed by atoms with Gasteiger partial charge < -0.3 is 0 Å². The molecule has 0 saturated carbocycles. The summed E-state index contributed by atoms with van der Waals surface area (Å²) in [7, 11) is 0. The van der Waals surface area contributed by atoms with Gasteiger partial charge in [0.15, 0.2) is 0 Å². The van der Waals surface area contributed by atoms with Crippen LogP contribution in [0.5, 0.6) is 0 Å². The Bertz CT molecular complexity index is 65.4. The lowest BCUT2D eigenvalue weighted by atomic mass is 10.0. The zero-order valence-corrected chi connectivity index (χ0v) is 6.33. The van der Waals surface area contributed by atoms with Crippen molar-refractivity contribution in [2.45, 2.75) is 38.2 Å². The maximum atomic E-state index is 10.8. The Kier molecular flexibility index (Phi) is 2.78. The summed E-state index contributed by atoms with van der Waals surface area (Å²) in [5.41, 5.74) is 0. The molecule has 0 saturated heterocycles. The summed E-state index contributed by atoms with van der Waals surface area (Å²) in [4.78, 5) is -0.575. The molecule has 0 aromatic rings. The molecule has 0 spiro atoms. The minimum Gasteiger partial charge on any atom is -0.231 e. The molecular formula is C6H12ClO. The van der Waals surface area contributed by atoms with E-state index < -0.39 is 11.0 Å². The summed E-state index contributed by atoms with van der Waals surface area (Å²) in [6.07, 6.45) is -0.0274. The summed E-state index contributed by atoms with van der Waals surface area (Å²) in [5.74, 6) is 0. The molecule has 0 amide bonds. The Morgan fingerprint density at radius 1 is 1.62 bits per heavy atom. The number of hydrogen-bond donors (Lipinski definition) is 0. The quantitative estimate of drug-likeness (QED) is 0.518. The summed E-state index contributed by atoms with van der Waals surface area (Å²) >= 11 is 5.67. The molecule has 49 valence electrons. The van der Waals surface area contributed by atoms with Crippen LogP contribution in [-0.4, -0.2) is 11.0 Å². The molecule has 0 bridgehead atoms. The van der Waals surface area contributed by atoms with Crippen LogP contribution in [0.3, 0.4) is 0 Å². The van der Waals surface area contributed by atoms with Crippen LogP contribution in [-0.2, 0) is 5.11 Å². The number of rotatable bonds is 2. The molecule has 2 heteroatoms. The predicted molar refractivity (Wildman–Crippen MR) is 34.7 cm³/mol. The highest BCUT2D eigenvalue weighted by molar-refractivity contribution is 6.23. The van der Waals surface area contributed by atoms with Gasteiger partial charge in [-0.1, -0.05) is 6.92 Å².